The van der Waals surface area contributed by atoms with Crippen LogP contribution in [0.1, 0.15) is 17.2 Å². The van der Waals surface area contributed by atoms with Gasteiger partial charge in [0.1, 0.15) is 5.82 Å². The van der Waals surface area contributed by atoms with Crippen LogP contribution < -0.4 is 5.32 Å². The first-order chi connectivity index (χ1) is 6.63. The quantitative estimate of drug-likeness (QED) is 0.733. The Morgan fingerprint density at radius 3 is 2.50 bits per heavy atom. The van der Waals surface area contributed by atoms with Gasteiger partial charge < -0.3 is 5.32 Å². The molecule has 0 aliphatic heterocycles. The molecular weight excluding hydrogens is 178 g/mol. The van der Waals surface area contributed by atoms with Crippen LogP contribution in [0.15, 0.2) is 0 Å². The van der Waals surface area contributed by atoms with Crippen LogP contribution in [0.25, 0.3) is 5.78 Å². The van der Waals surface area contributed by atoms with Crippen molar-refractivity contribution in [2.45, 2.75) is 20.8 Å². The smallest absolute Gasteiger partial charge is 0.252 e. The maximum absolute atomic E-state index is 4.35. The highest BCUT2D eigenvalue weighted by Crippen LogP contribution is 2.17. The number of hydrogen-bond donors (Lipinski definition) is 1. The third kappa shape index (κ3) is 1.13. The summed E-state index contributed by atoms with van der Waals surface area (Å²) in [5.41, 5.74) is 3.00. The van der Waals surface area contributed by atoms with Gasteiger partial charge >= 0.3 is 0 Å². The maximum Gasteiger partial charge on any atom is 0.252 e. The summed E-state index contributed by atoms with van der Waals surface area (Å²) >= 11 is 0. The number of nitrogens with one attached hydrogen (secondary N) is 1. The molecule has 0 aliphatic carbocycles. The third-order valence-corrected chi connectivity index (χ3v) is 2.25. The number of aromatic nitrogens is 4. The molecular formula is C9H13N5. The van der Waals surface area contributed by atoms with Crippen molar-refractivity contribution in [3.63, 3.8) is 0 Å². The van der Waals surface area contributed by atoms with Crippen molar-refractivity contribution in [3.05, 3.63) is 17.2 Å². The Morgan fingerprint density at radius 2 is 1.86 bits per heavy atom. The average Bonchev–Trinajstić information content (AvgIpc) is 2.47. The lowest BCUT2D eigenvalue weighted by Gasteiger charge is -2.08. The molecule has 2 aromatic rings. The van der Waals surface area contributed by atoms with E-state index < -0.39 is 0 Å². The van der Waals surface area contributed by atoms with Crippen molar-refractivity contribution in [2.24, 2.45) is 0 Å². The van der Waals surface area contributed by atoms with Gasteiger partial charge in [0, 0.05) is 7.05 Å². The van der Waals surface area contributed by atoms with Crippen LogP contribution in [0.2, 0.25) is 0 Å². The molecule has 0 aliphatic rings. The highest BCUT2D eigenvalue weighted by molar-refractivity contribution is 5.54. The lowest BCUT2D eigenvalue weighted by Crippen LogP contribution is -2.05. The molecule has 0 spiro atoms. The van der Waals surface area contributed by atoms with Gasteiger partial charge in [0.15, 0.2) is 0 Å². The zero-order valence-electron chi connectivity index (χ0n) is 8.79. The Morgan fingerprint density at radius 1 is 1.14 bits per heavy atom. The minimum absolute atomic E-state index is 0.663. The zero-order chi connectivity index (χ0) is 10.3. The molecule has 0 fully saturated rings. The number of nitrogens with zero attached hydrogens (tertiary/aromatic N) is 4. The predicted octanol–water partition coefficient (Wildman–Crippen LogP) is 1.09. The van der Waals surface area contributed by atoms with Crippen molar-refractivity contribution < 1.29 is 0 Å². The molecule has 0 saturated heterocycles. The second-order valence-corrected chi connectivity index (χ2v) is 3.28. The van der Waals surface area contributed by atoms with E-state index in [1.165, 1.54) is 0 Å². The highest BCUT2D eigenvalue weighted by atomic mass is 15.3. The minimum atomic E-state index is 0.663. The van der Waals surface area contributed by atoms with Crippen LogP contribution in [-0.4, -0.2) is 26.6 Å². The summed E-state index contributed by atoms with van der Waals surface area (Å²) in [6.07, 6.45) is 0. The van der Waals surface area contributed by atoms with Crippen LogP contribution in [-0.2, 0) is 0 Å². The number of anilines is 1. The SMILES string of the molecule is CNc1c(C)nc2nc(C)nn2c1C. The Kier molecular flexibility index (Phi) is 1.87. The molecule has 0 bridgehead atoms. The fourth-order valence-corrected chi connectivity index (χ4v) is 1.64. The van der Waals surface area contributed by atoms with Gasteiger partial charge in [-0.05, 0) is 20.8 Å². The Hall–Kier alpha value is -1.65. The average molecular weight is 191 g/mol. The molecule has 0 amide bonds. The standard InChI is InChI=1S/C9H13N5/c1-5-8(10-4)6(2)14-9(11-5)12-7(3)13-14/h10H,1-4H3. The van der Waals surface area contributed by atoms with Gasteiger partial charge in [0.2, 0.25) is 0 Å². The first-order valence-corrected chi connectivity index (χ1v) is 4.52. The summed E-state index contributed by atoms with van der Waals surface area (Å²) in [5, 5.41) is 7.38. The zero-order valence-corrected chi connectivity index (χ0v) is 8.79. The number of aryl methyl sites for hydroxylation is 3. The second kappa shape index (κ2) is 2.94. The molecule has 1 N–H and O–H groups in total. The Balaban J connectivity index is 2.84. The number of hydrogen-bond acceptors (Lipinski definition) is 4. The van der Waals surface area contributed by atoms with E-state index in [1.807, 2.05) is 27.8 Å². The predicted molar refractivity (Wildman–Crippen MR) is 54.5 cm³/mol. The van der Waals surface area contributed by atoms with Crippen LogP contribution in [0.5, 0.6) is 0 Å². The van der Waals surface area contributed by atoms with Gasteiger partial charge in [-0.1, -0.05) is 0 Å². The molecule has 5 nitrogen and oxygen atoms in total. The fourth-order valence-electron chi connectivity index (χ4n) is 1.64. The molecule has 2 aromatic heterocycles. The van der Waals surface area contributed by atoms with E-state index in [2.05, 4.69) is 20.4 Å². The van der Waals surface area contributed by atoms with E-state index in [0.717, 1.165) is 22.9 Å². The normalized spacial score (nSPS) is 10.9. The molecule has 2 rings (SSSR count). The van der Waals surface area contributed by atoms with Crippen molar-refractivity contribution in [3.8, 4) is 0 Å². The van der Waals surface area contributed by atoms with Gasteiger partial charge in [-0.2, -0.15) is 9.50 Å². The molecule has 0 saturated carbocycles. The van der Waals surface area contributed by atoms with E-state index in [9.17, 15) is 0 Å². The Labute approximate surface area is 82.2 Å². The molecule has 0 unspecified atom stereocenters. The summed E-state index contributed by atoms with van der Waals surface area (Å²) in [4.78, 5) is 8.58. The van der Waals surface area contributed by atoms with E-state index in [-0.39, 0.29) is 0 Å². The van der Waals surface area contributed by atoms with Gasteiger partial charge in [-0.15, -0.1) is 5.10 Å². The maximum atomic E-state index is 4.35. The van der Waals surface area contributed by atoms with E-state index >= 15 is 0 Å². The summed E-state index contributed by atoms with van der Waals surface area (Å²) in [5.74, 6) is 1.41. The molecule has 0 radical (unpaired) electrons. The lowest BCUT2D eigenvalue weighted by atomic mass is 10.3. The van der Waals surface area contributed by atoms with Crippen molar-refractivity contribution in [1.82, 2.24) is 19.6 Å². The van der Waals surface area contributed by atoms with Crippen molar-refractivity contribution in [1.29, 1.82) is 0 Å². The number of rotatable bonds is 1. The fraction of sp³-hybridized carbons (Fsp3) is 0.444. The molecule has 14 heavy (non-hydrogen) atoms. The molecule has 0 aromatic carbocycles. The molecule has 2 heterocycles. The van der Waals surface area contributed by atoms with Crippen LogP contribution in [0.4, 0.5) is 5.69 Å². The highest BCUT2D eigenvalue weighted by Gasteiger charge is 2.10. The van der Waals surface area contributed by atoms with Crippen molar-refractivity contribution >= 4 is 11.5 Å². The topological polar surface area (TPSA) is 55.1 Å². The lowest BCUT2D eigenvalue weighted by molar-refractivity contribution is 0.872. The van der Waals surface area contributed by atoms with Crippen LogP contribution in [0, 0.1) is 20.8 Å². The van der Waals surface area contributed by atoms with Crippen LogP contribution in [0.3, 0.4) is 0 Å². The summed E-state index contributed by atoms with van der Waals surface area (Å²) in [6, 6.07) is 0. The van der Waals surface area contributed by atoms with Gasteiger partial charge in [-0.25, -0.2) is 4.98 Å². The first-order valence-electron chi connectivity index (χ1n) is 4.52. The molecule has 74 valence electrons. The van der Waals surface area contributed by atoms with E-state index in [1.54, 1.807) is 4.52 Å². The third-order valence-electron chi connectivity index (χ3n) is 2.25. The Bertz CT molecular complexity index is 485. The summed E-state index contributed by atoms with van der Waals surface area (Å²) in [6.45, 7) is 5.83. The second-order valence-electron chi connectivity index (χ2n) is 3.28. The minimum Gasteiger partial charge on any atom is -0.385 e. The van der Waals surface area contributed by atoms with Gasteiger partial charge in [0.05, 0.1) is 17.1 Å². The largest absolute Gasteiger partial charge is 0.385 e. The first kappa shape index (κ1) is 8.93. The molecule has 0 atom stereocenters. The van der Waals surface area contributed by atoms with E-state index in [0.29, 0.717) is 5.78 Å². The van der Waals surface area contributed by atoms with Crippen LogP contribution >= 0.6 is 0 Å². The monoisotopic (exact) mass is 191 g/mol. The van der Waals surface area contributed by atoms with Gasteiger partial charge in [-0.3, -0.25) is 0 Å². The summed E-state index contributed by atoms with van der Waals surface area (Å²) < 4.78 is 1.76. The number of fused-ring (bicyclic) bond motifs is 1. The van der Waals surface area contributed by atoms with E-state index in [4.69, 9.17) is 0 Å². The molecule has 5 heteroatoms. The van der Waals surface area contributed by atoms with Crippen molar-refractivity contribution in [2.75, 3.05) is 12.4 Å². The summed E-state index contributed by atoms with van der Waals surface area (Å²) in [7, 11) is 1.88. The van der Waals surface area contributed by atoms with Gasteiger partial charge in [0.25, 0.3) is 5.78 Å².